The Labute approximate surface area is 158 Å². The van der Waals surface area contributed by atoms with Gasteiger partial charge in [-0.1, -0.05) is 30.3 Å². The highest BCUT2D eigenvalue weighted by Gasteiger charge is 2.28. The lowest BCUT2D eigenvalue weighted by Crippen LogP contribution is -2.35. The normalized spacial score (nSPS) is 15.2. The number of amides is 2. The van der Waals surface area contributed by atoms with Gasteiger partial charge in [-0.2, -0.15) is 0 Å². The molecular formula is C21H23N3O3. The first-order valence-electron chi connectivity index (χ1n) is 8.99. The van der Waals surface area contributed by atoms with Gasteiger partial charge in [0.1, 0.15) is 0 Å². The van der Waals surface area contributed by atoms with Crippen LogP contribution < -0.4 is 10.1 Å². The van der Waals surface area contributed by atoms with Gasteiger partial charge in [-0.3, -0.25) is 9.59 Å². The second kappa shape index (κ2) is 8.49. The topological polar surface area (TPSA) is 71.5 Å². The number of pyridine rings is 1. The number of carbonyl (C=O) groups is 2. The van der Waals surface area contributed by atoms with Crippen LogP contribution in [-0.2, 0) is 16.1 Å². The molecule has 1 N–H and O–H groups in total. The number of fused-ring (bicyclic) bond motifs is 1. The molecule has 6 heteroatoms. The van der Waals surface area contributed by atoms with E-state index in [-0.39, 0.29) is 24.3 Å². The summed E-state index contributed by atoms with van der Waals surface area (Å²) in [5.41, 5.74) is 2.82. The average molecular weight is 365 g/mol. The molecule has 140 valence electrons. The number of carbonyl (C=O) groups excluding carboxylic acids is 2. The van der Waals surface area contributed by atoms with E-state index in [2.05, 4.69) is 10.3 Å². The predicted octanol–water partition coefficient (Wildman–Crippen LogP) is 3.06. The van der Waals surface area contributed by atoms with Crippen molar-refractivity contribution in [2.45, 2.75) is 32.9 Å². The van der Waals surface area contributed by atoms with Crippen LogP contribution in [0.5, 0.6) is 5.88 Å². The van der Waals surface area contributed by atoms with Gasteiger partial charge in [0, 0.05) is 31.4 Å². The number of rotatable bonds is 6. The number of nitrogens with zero attached hydrogens (tertiary/aromatic N) is 2. The molecule has 1 aliphatic heterocycles. The fraction of sp³-hybridized carbons (Fsp3) is 0.286. The van der Waals surface area contributed by atoms with Crippen LogP contribution >= 0.6 is 0 Å². The quantitative estimate of drug-likeness (QED) is 0.854. The minimum atomic E-state index is -0.316. The van der Waals surface area contributed by atoms with Gasteiger partial charge in [0.2, 0.25) is 17.7 Å². The molecule has 0 aliphatic carbocycles. The Kier molecular flexibility index (Phi) is 5.86. The summed E-state index contributed by atoms with van der Waals surface area (Å²) in [4.78, 5) is 30.4. The largest absolute Gasteiger partial charge is 0.478 e. The van der Waals surface area contributed by atoms with E-state index in [1.165, 1.54) is 6.92 Å². The summed E-state index contributed by atoms with van der Waals surface area (Å²) in [6.45, 7) is 4.23. The molecule has 0 radical (unpaired) electrons. The third-order valence-electron chi connectivity index (χ3n) is 4.45. The molecule has 3 rings (SSSR count). The SMILES string of the molecule is CCOc1ncccc1CNC(=O)CC1c2ccccc2C=CN1C(C)=O. The number of hydrogen-bond acceptors (Lipinski definition) is 4. The molecule has 2 aromatic rings. The highest BCUT2D eigenvalue weighted by Crippen LogP contribution is 2.32. The summed E-state index contributed by atoms with van der Waals surface area (Å²) in [5.74, 6) is 0.295. The molecule has 1 aromatic carbocycles. The van der Waals surface area contributed by atoms with Crippen LogP contribution in [0, 0.1) is 0 Å². The van der Waals surface area contributed by atoms with Crippen molar-refractivity contribution in [2.75, 3.05) is 6.61 Å². The van der Waals surface area contributed by atoms with E-state index in [0.717, 1.165) is 16.7 Å². The van der Waals surface area contributed by atoms with E-state index in [1.54, 1.807) is 17.3 Å². The molecule has 0 spiro atoms. The Morgan fingerprint density at radius 2 is 2.04 bits per heavy atom. The number of ether oxygens (including phenoxy) is 1. The molecule has 2 heterocycles. The van der Waals surface area contributed by atoms with Crippen molar-refractivity contribution in [1.29, 1.82) is 0 Å². The summed E-state index contributed by atoms with van der Waals surface area (Å²) in [6.07, 6.45) is 5.49. The third kappa shape index (κ3) is 4.34. The van der Waals surface area contributed by atoms with Crippen molar-refractivity contribution in [2.24, 2.45) is 0 Å². The smallest absolute Gasteiger partial charge is 0.223 e. The summed E-state index contributed by atoms with van der Waals surface area (Å²) in [7, 11) is 0. The lowest BCUT2D eigenvalue weighted by molar-refractivity contribution is -0.130. The number of benzene rings is 1. The zero-order chi connectivity index (χ0) is 19.2. The van der Waals surface area contributed by atoms with Gasteiger partial charge in [0.25, 0.3) is 0 Å². The van der Waals surface area contributed by atoms with Crippen LogP contribution in [0.1, 0.15) is 43.0 Å². The minimum absolute atomic E-state index is 0.0931. The van der Waals surface area contributed by atoms with Crippen molar-refractivity contribution in [1.82, 2.24) is 15.2 Å². The average Bonchev–Trinajstić information content (AvgIpc) is 2.67. The Balaban J connectivity index is 1.71. The van der Waals surface area contributed by atoms with Crippen molar-refractivity contribution >= 4 is 17.9 Å². The van der Waals surface area contributed by atoms with Gasteiger partial charge >= 0.3 is 0 Å². The number of aromatic nitrogens is 1. The maximum atomic E-state index is 12.6. The molecule has 1 unspecified atom stereocenters. The lowest BCUT2D eigenvalue weighted by atomic mass is 9.93. The Morgan fingerprint density at radius 3 is 2.81 bits per heavy atom. The molecule has 2 amide bonds. The number of hydrogen-bond donors (Lipinski definition) is 1. The third-order valence-corrected chi connectivity index (χ3v) is 4.45. The highest BCUT2D eigenvalue weighted by molar-refractivity contribution is 5.81. The molecule has 1 aliphatic rings. The van der Waals surface area contributed by atoms with E-state index in [4.69, 9.17) is 4.74 Å². The van der Waals surface area contributed by atoms with Gasteiger partial charge in [-0.15, -0.1) is 0 Å². The van der Waals surface area contributed by atoms with E-state index >= 15 is 0 Å². The van der Waals surface area contributed by atoms with Crippen LogP contribution in [0.15, 0.2) is 48.8 Å². The van der Waals surface area contributed by atoms with Crippen LogP contribution in [0.2, 0.25) is 0 Å². The van der Waals surface area contributed by atoms with E-state index < -0.39 is 0 Å². The van der Waals surface area contributed by atoms with Crippen molar-refractivity contribution in [3.8, 4) is 5.88 Å². The Morgan fingerprint density at radius 1 is 1.22 bits per heavy atom. The first kappa shape index (κ1) is 18.6. The highest BCUT2D eigenvalue weighted by atomic mass is 16.5. The molecule has 0 saturated carbocycles. The second-order valence-electron chi connectivity index (χ2n) is 6.27. The van der Waals surface area contributed by atoms with Crippen molar-refractivity contribution in [3.63, 3.8) is 0 Å². The van der Waals surface area contributed by atoms with Crippen molar-refractivity contribution < 1.29 is 14.3 Å². The zero-order valence-corrected chi connectivity index (χ0v) is 15.5. The summed E-state index contributed by atoms with van der Waals surface area (Å²) < 4.78 is 5.49. The van der Waals surface area contributed by atoms with Crippen LogP contribution in [0.25, 0.3) is 6.08 Å². The molecule has 0 saturated heterocycles. The molecular weight excluding hydrogens is 342 g/mol. The summed E-state index contributed by atoms with van der Waals surface area (Å²) in [5, 5.41) is 2.91. The fourth-order valence-electron chi connectivity index (χ4n) is 3.18. The van der Waals surface area contributed by atoms with Crippen molar-refractivity contribution in [3.05, 3.63) is 65.5 Å². The fourth-order valence-corrected chi connectivity index (χ4v) is 3.18. The van der Waals surface area contributed by atoms with Gasteiger partial charge in [0.15, 0.2) is 0 Å². The zero-order valence-electron chi connectivity index (χ0n) is 15.5. The number of nitrogens with one attached hydrogen (secondary N) is 1. The molecule has 0 bridgehead atoms. The van der Waals surface area contributed by atoms with E-state index in [1.807, 2.05) is 49.4 Å². The van der Waals surface area contributed by atoms with Crippen LogP contribution in [-0.4, -0.2) is 28.3 Å². The minimum Gasteiger partial charge on any atom is -0.478 e. The first-order chi connectivity index (χ1) is 13.1. The molecule has 0 fully saturated rings. The summed E-state index contributed by atoms with van der Waals surface area (Å²) in [6, 6.07) is 11.2. The van der Waals surface area contributed by atoms with Gasteiger partial charge in [0.05, 0.1) is 19.1 Å². The molecule has 27 heavy (non-hydrogen) atoms. The first-order valence-corrected chi connectivity index (χ1v) is 8.99. The van der Waals surface area contributed by atoms with E-state index in [0.29, 0.717) is 19.0 Å². The maximum Gasteiger partial charge on any atom is 0.223 e. The Hall–Kier alpha value is -3.15. The predicted molar refractivity (Wildman–Crippen MR) is 103 cm³/mol. The van der Waals surface area contributed by atoms with Crippen LogP contribution in [0.3, 0.4) is 0 Å². The second-order valence-corrected chi connectivity index (χ2v) is 6.27. The standard InChI is InChI=1S/C21H23N3O3/c1-3-27-21-17(8-6-11-22-21)14-23-20(26)13-19-18-9-5-4-7-16(18)10-12-24(19)15(2)25/h4-12,19H,3,13-14H2,1-2H3,(H,23,26). The Bertz CT molecular complexity index is 863. The lowest BCUT2D eigenvalue weighted by Gasteiger charge is -2.32. The van der Waals surface area contributed by atoms with Gasteiger partial charge in [-0.05, 0) is 30.2 Å². The maximum absolute atomic E-state index is 12.6. The van der Waals surface area contributed by atoms with Crippen LogP contribution in [0.4, 0.5) is 0 Å². The van der Waals surface area contributed by atoms with Gasteiger partial charge in [-0.25, -0.2) is 4.98 Å². The molecule has 6 nitrogen and oxygen atoms in total. The molecule has 1 aromatic heterocycles. The van der Waals surface area contributed by atoms with E-state index in [9.17, 15) is 9.59 Å². The monoisotopic (exact) mass is 365 g/mol. The summed E-state index contributed by atoms with van der Waals surface area (Å²) >= 11 is 0. The van der Waals surface area contributed by atoms with Gasteiger partial charge < -0.3 is 15.0 Å². The molecule has 1 atom stereocenters.